The molecule has 0 saturated heterocycles. The quantitative estimate of drug-likeness (QED) is 0.836. The summed E-state index contributed by atoms with van der Waals surface area (Å²) in [5.74, 6) is -0.140. The second-order valence-electron chi connectivity index (χ2n) is 4.58. The second kappa shape index (κ2) is 6.41. The van der Waals surface area contributed by atoms with Crippen LogP contribution in [0, 0.1) is 13.8 Å². The molecule has 0 atom stereocenters. The van der Waals surface area contributed by atoms with Crippen molar-refractivity contribution in [3.8, 4) is 0 Å². The Labute approximate surface area is 127 Å². The van der Waals surface area contributed by atoms with E-state index in [-0.39, 0.29) is 0 Å². The molecule has 3 nitrogen and oxygen atoms in total. The molecular formula is C15H17NO2S2. The van der Waals surface area contributed by atoms with Gasteiger partial charge < -0.3 is 5.11 Å². The van der Waals surface area contributed by atoms with E-state index in [0.29, 0.717) is 10.6 Å². The number of hydrogen-bond donors (Lipinski definition) is 1. The Morgan fingerprint density at radius 1 is 1.35 bits per heavy atom. The first kappa shape index (κ1) is 15.1. The first-order valence-electron chi connectivity index (χ1n) is 6.43. The highest BCUT2D eigenvalue weighted by Gasteiger charge is 2.16. The molecule has 0 aliphatic carbocycles. The summed E-state index contributed by atoms with van der Waals surface area (Å²) in [6.07, 6.45) is 1.04. The Hall–Kier alpha value is -1.33. The summed E-state index contributed by atoms with van der Waals surface area (Å²) in [5.41, 5.74) is 1.95. The van der Waals surface area contributed by atoms with Gasteiger partial charge in [0.05, 0.1) is 5.56 Å². The van der Waals surface area contributed by atoms with Crippen LogP contribution in [0.3, 0.4) is 0 Å². The van der Waals surface area contributed by atoms with Crippen LogP contribution in [0.1, 0.15) is 38.3 Å². The summed E-state index contributed by atoms with van der Waals surface area (Å²) < 4.78 is 0. The number of carboxylic acids is 1. The third-order valence-corrected chi connectivity index (χ3v) is 5.38. The molecule has 5 heteroatoms. The van der Waals surface area contributed by atoms with Crippen LogP contribution >= 0.6 is 23.1 Å². The first-order chi connectivity index (χ1) is 9.51. The zero-order valence-corrected chi connectivity index (χ0v) is 13.4. The van der Waals surface area contributed by atoms with E-state index < -0.39 is 5.97 Å². The minimum atomic E-state index is -0.905. The third kappa shape index (κ3) is 3.41. The monoisotopic (exact) mass is 307 g/mol. The van der Waals surface area contributed by atoms with E-state index in [9.17, 15) is 9.90 Å². The van der Waals surface area contributed by atoms with Crippen LogP contribution in [-0.4, -0.2) is 16.1 Å². The van der Waals surface area contributed by atoms with E-state index in [2.05, 4.69) is 24.0 Å². The molecule has 0 amide bonds. The smallest absolute Gasteiger partial charge is 0.338 e. The van der Waals surface area contributed by atoms with Crippen molar-refractivity contribution in [2.24, 2.45) is 0 Å². The number of aromatic carboxylic acids is 1. The van der Waals surface area contributed by atoms with Gasteiger partial charge in [-0.05, 0) is 44.0 Å². The predicted octanol–water partition coefficient (Wildman–Crippen LogP) is 4.31. The van der Waals surface area contributed by atoms with Crippen LogP contribution < -0.4 is 0 Å². The third-order valence-electron chi connectivity index (χ3n) is 2.94. The molecule has 2 aromatic heterocycles. The standard InChI is InChI=1S/C15H17NO2S2/c1-4-11-5-6-12(20-11)8-19-14-13(15(17)18)9(2)7-10(3)16-14/h5-7H,4,8H2,1-3H3,(H,17,18). The second-order valence-corrected chi connectivity index (χ2v) is 6.79. The average molecular weight is 307 g/mol. The van der Waals surface area contributed by atoms with Crippen molar-refractivity contribution in [1.82, 2.24) is 4.98 Å². The average Bonchev–Trinajstić information content (AvgIpc) is 2.82. The van der Waals surface area contributed by atoms with Crippen molar-refractivity contribution >= 4 is 29.1 Å². The van der Waals surface area contributed by atoms with Crippen LogP contribution in [0.15, 0.2) is 23.2 Å². The van der Waals surface area contributed by atoms with Gasteiger partial charge in [-0.25, -0.2) is 9.78 Å². The number of thiophene rings is 1. The maximum absolute atomic E-state index is 11.4. The van der Waals surface area contributed by atoms with Gasteiger partial charge in [0.1, 0.15) is 5.03 Å². The Morgan fingerprint density at radius 3 is 2.65 bits per heavy atom. The fraction of sp³-hybridized carbons (Fsp3) is 0.333. The van der Waals surface area contributed by atoms with Gasteiger partial charge in [0.25, 0.3) is 0 Å². The maximum atomic E-state index is 11.4. The van der Waals surface area contributed by atoms with Crippen LogP contribution in [0.25, 0.3) is 0 Å². The number of carboxylic acid groups (broad SMARTS) is 1. The summed E-state index contributed by atoms with van der Waals surface area (Å²) in [6.45, 7) is 5.85. The van der Waals surface area contributed by atoms with Gasteiger partial charge in [-0.2, -0.15) is 0 Å². The molecule has 0 spiro atoms. The Balaban J connectivity index is 2.22. The minimum absolute atomic E-state index is 0.327. The predicted molar refractivity (Wildman–Crippen MR) is 83.9 cm³/mol. The van der Waals surface area contributed by atoms with Crippen molar-refractivity contribution in [2.75, 3.05) is 0 Å². The fourth-order valence-electron chi connectivity index (χ4n) is 2.00. The Morgan fingerprint density at radius 2 is 2.05 bits per heavy atom. The van der Waals surface area contributed by atoms with Gasteiger partial charge in [-0.1, -0.05) is 18.7 Å². The van der Waals surface area contributed by atoms with Crippen molar-refractivity contribution < 1.29 is 9.90 Å². The lowest BCUT2D eigenvalue weighted by Crippen LogP contribution is -2.05. The maximum Gasteiger partial charge on any atom is 0.338 e. The molecular weight excluding hydrogens is 290 g/mol. The van der Waals surface area contributed by atoms with Crippen LogP contribution in [0.5, 0.6) is 0 Å². The number of aryl methyl sites for hydroxylation is 3. The van der Waals surface area contributed by atoms with Crippen molar-refractivity contribution in [3.63, 3.8) is 0 Å². The van der Waals surface area contributed by atoms with Gasteiger partial charge in [-0.3, -0.25) is 0 Å². The van der Waals surface area contributed by atoms with Crippen LogP contribution in [-0.2, 0) is 12.2 Å². The van der Waals surface area contributed by atoms with E-state index in [0.717, 1.165) is 23.4 Å². The lowest BCUT2D eigenvalue weighted by atomic mass is 10.1. The number of hydrogen-bond acceptors (Lipinski definition) is 4. The first-order valence-corrected chi connectivity index (χ1v) is 8.23. The highest BCUT2D eigenvalue weighted by atomic mass is 32.2. The van der Waals surface area contributed by atoms with Crippen molar-refractivity contribution in [1.29, 1.82) is 0 Å². The van der Waals surface area contributed by atoms with Gasteiger partial charge in [0.2, 0.25) is 0 Å². The molecule has 2 heterocycles. The number of nitrogens with zero attached hydrogens (tertiary/aromatic N) is 1. The lowest BCUT2D eigenvalue weighted by Gasteiger charge is -2.08. The summed E-state index contributed by atoms with van der Waals surface area (Å²) >= 11 is 3.28. The number of thioether (sulfide) groups is 1. The molecule has 0 radical (unpaired) electrons. The highest BCUT2D eigenvalue weighted by Crippen LogP contribution is 2.29. The van der Waals surface area contributed by atoms with Gasteiger partial charge in [0.15, 0.2) is 0 Å². The molecule has 0 aliphatic heterocycles. The Kier molecular flexibility index (Phi) is 4.83. The molecule has 1 N–H and O–H groups in total. The number of rotatable bonds is 5. The number of pyridine rings is 1. The van der Waals surface area contributed by atoms with Gasteiger partial charge in [0, 0.05) is 21.2 Å². The molecule has 0 bridgehead atoms. The summed E-state index contributed by atoms with van der Waals surface area (Å²) in [4.78, 5) is 18.4. The number of aromatic nitrogens is 1. The topological polar surface area (TPSA) is 50.2 Å². The van der Waals surface area contributed by atoms with E-state index >= 15 is 0 Å². The van der Waals surface area contributed by atoms with E-state index in [1.54, 1.807) is 11.3 Å². The molecule has 0 aliphatic rings. The number of carbonyl (C=O) groups is 1. The molecule has 20 heavy (non-hydrogen) atoms. The van der Waals surface area contributed by atoms with E-state index in [1.165, 1.54) is 21.5 Å². The van der Waals surface area contributed by atoms with E-state index in [1.807, 2.05) is 19.9 Å². The summed E-state index contributed by atoms with van der Waals surface area (Å²) in [5, 5.41) is 9.94. The molecule has 0 unspecified atom stereocenters. The van der Waals surface area contributed by atoms with Crippen molar-refractivity contribution in [3.05, 3.63) is 44.8 Å². The summed E-state index contributed by atoms with van der Waals surface area (Å²) in [6, 6.07) is 6.06. The Bertz CT molecular complexity index is 635. The van der Waals surface area contributed by atoms with E-state index in [4.69, 9.17) is 0 Å². The molecule has 2 aromatic rings. The zero-order chi connectivity index (χ0) is 14.7. The molecule has 106 valence electrons. The van der Waals surface area contributed by atoms with Crippen LogP contribution in [0.2, 0.25) is 0 Å². The van der Waals surface area contributed by atoms with Crippen LogP contribution in [0.4, 0.5) is 0 Å². The van der Waals surface area contributed by atoms with Gasteiger partial charge in [-0.15, -0.1) is 11.3 Å². The minimum Gasteiger partial charge on any atom is -0.478 e. The van der Waals surface area contributed by atoms with Gasteiger partial charge >= 0.3 is 5.97 Å². The zero-order valence-electron chi connectivity index (χ0n) is 11.8. The SMILES string of the molecule is CCc1ccc(CSc2nc(C)cc(C)c2C(=O)O)s1. The normalized spacial score (nSPS) is 10.8. The molecule has 0 saturated carbocycles. The molecule has 2 rings (SSSR count). The fourth-order valence-corrected chi connectivity index (χ4v) is 4.14. The summed E-state index contributed by atoms with van der Waals surface area (Å²) in [7, 11) is 0. The largest absolute Gasteiger partial charge is 0.478 e. The lowest BCUT2D eigenvalue weighted by molar-refractivity contribution is 0.0691. The highest BCUT2D eigenvalue weighted by molar-refractivity contribution is 7.98. The molecule has 0 fully saturated rings. The molecule has 0 aromatic carbocycles. The van der Waals surface area contributed by atoms with Crippen molar-refractivity contribution in [2.45, 2.75) is 38.0 Å².